The monoisotopic (exact) mass is 267 g/mol. The molecule has 1 fully saturated rings. The van der Waals surface area contributed by atoms with Crippen molar-refractivity contribution in [3.63, 3.8) is 0 Å². The second-order valence-corrected chi connectivity index (χ2v) is 4.87. The van der Waals surface area contributed by atoms with Crippen molar-refractivity contribution in [3.05, 3.63) is 17.0 Å². The van der Waals surface area contributed by atoms with Crippen LogP contribution in [0.4, 0.5) is 0 Å². The molecule has 0 saturated carbocycles. The number of likely N-dealkylation sites (tertiary alicyclic amines) is 1. The molecule has 1 saturated heterocycles. The van der Waals surface area contributed by atoms with Crippen LogP contribution in [0.1, 0.15) is 28.2 Å². The van der Waals surface area contributed by atoms with E-state index in [4.69, 9.17) is 5.11 Å². The molecule has 2 heterocycles. The maximum atomic E-state index is 12.5. The third kappa shape index (κ3) is 2.21. The lowest BCUT2D eigenvalue weighted by molar-refractivity contribution is -0.141. The Morgan fingerprint density at radius 3 is 2.47 bits per heavy atom. The average Bonchev–Trinajstić information content (AvgIpc) is 2.81. The van der Waals surface area contributed by atoms with Crippen LogP contribution >= 0.6 is 0 Å². The van der Waals surface area contributed by atoms with Gasteiger partial charge in [0.05, 0.1) is 17.4 Å². The number of carboxylic acid groups (broad SMARTS) is 1. The van der Waals surface area contributed by atoms with E-state index in [1.807, 2.05) is 0 Å². The van der Waals surface area contributed by atoms with Crippen molar-refractivity contribution in [2.75, 3.05) is 6.54 Å². The highest BCUT2D eigenvalue weighted by Crippen LogP contribution is 2.23. The van der Waals surface area contributed by atoms with Crippen LogP contribution in [0.15, 0.2) is 0 Å². The van der Waals surface area contributed by atoms with Crippen LogP contribution in [0.5, 0.6) is 0 Å². The zero-order valence-electron chi connectivity index (χ0n) is 11.1. The average molecular weight is 267 g/mol. The van der Waals surface area contributed by atoms with Crippen LogP contribution in [0.25, 0.3) is 0 Å². The van der Waals surface area contributed by atoms with Gasteiger partial charge in [-0.15, -0.1) is 0 Å². The number of carbonyl (C=O) groups excluding carboxylic acids is 1. The Hall–Kier alpha value is -1.89. The highest BCUT2D eigenvalue weighted by molar-refractivity contribution is 5.98. The Morgan fingerprint density at radius 1 is 1.37 bits per heavy atom. The summed E-state index contributed by atoms with van der Waals surface area (Å²) in [5.74, 6) is -1.48. The maximum Gasteiger partial charge on any atom is 0.326 e. The van der Waals surface area contributed by atoms with Gasteiger partial charge >= 0.3 is 5.97 Å². The summed E-state index contributed by atoms with van der Waals surface area (Å²) in [4.78, 5) is 24.8. The molecule has 1 aromatic heterocycles. The predicted octanol–water partition coefficient (Wildman–Crippen LogP) is -0.303. The molecular weight excluding hydrogens is 250 g/mol. The van der Waals surface area contributed by atoms with Gasteiger partial charge in [-0.05, 0) is 13.8 Å². The minimum atomic E-state index is -1.09. The fourth-order valence-electron chi connectivity index (χ4n) is 2.50. The Kier molecular flexibility index (Phi) is 3.32. The van der Waals surface area contributed by atoms with Crippen LogP contribution in [0.3, 0.4) is 0 Å². The lowest BCUT2D eigenvalue weighted by Crippen LogP contribution is -2.41. The summed E-state index contributed by atoms with van der Waals surface area (Å²) in [6.07, 6.45) is -0.721. The van der Waals surface area contributed by atoms with Gasteiger partial charge in [0.25, 0.3) is 5.91 Å². The summed E-state index contributed by atoms with van der Waals surface area (Å²) in [6, 6.07) is -0.971. The van der Waals surface area contributed by atoms with Crippen LogP contribution in [0, 0.1) is 13.8 Å². The summed E-state index contributed by atoms with van der Waals surface area (Å²) >= 11 is 0. The van der Waals surface area contributed by atoms with Crippen molar-refractivity contribution in [3.8, 4) is 0 Å². The van der Waals surface area contributed by atoms with Gasteiger partial charge in [0.1, 0.15) is 6.04 Å². The second-order valence-electron chi connectivity index (χ2n) is 4.87. The van der Waals surface area contributed by atoms with Gasteiger partial charge in [-0.1, -0.05) is 0 Å². The van der Waals surface area contributed by atoms with Crippen LogP contribution in [-0.4, -0.2) is 55.5 Å². The zero-order valence-corrected chi connectivity index (χ0v) is 11.1. The summed E-state index contributed by atoms with van der Waals surface area (Å²) < 4.78 is 1.59. The van der Waals surface area contributed by atoms with E-state index < -0.39 is 18.1 Å². The van der Waals surface area contributed by atoms with Crippen LogP contribution in [0.2, 0.25) is 0 Å². The van der Waals surface area contributed by atoms with Crippen molar-refractivity contribution in [1.82, 2.24) is 14.7 Å². The van der Waals surface area contributed by atoms with E-state index in [-0.39, 0.29) is 18.9 Å². The molecule has 2 N–H and O–H groups in total. The summed E-state index contributed by atoms with van der Waals surface area (Å²) in [6.45, 7) is 3.52. The highest BCUT2D eigenvalue weighted by atomic mass is 16.4. The molecule has 1 aliphatic rings. The first-order chi connectivity index (χ1) is 8.82. The molecule has 104 valence electrons. The summed E-state index contributed by atoms with van der Waals surface area (Å²) in [5, 5.41) is 22.8. The molecule has 1 aromatic rings. The standard InChI is InChI=1S/C12H17N3O4/c1-6-10(7(2)14(3)13-6)11(17)15-5-8(16)4-9(15)12(18)19/h8-9,16H,4-5H2,1-3H3,(H,18,19)/t8-,9-/m0/s1. The van der Waals surface area contributed by atoms with Crippen molar-refractivity contribution in [2.24, 2.45) is 7.05 Å². The molecule has 0 radical (unpaired) electrons. The van der Waals surface area contributed by atoms with Gasteiger partial charge in [-0.25, -0.2) is 4.79 Å². The van der Waals surface area contributed by atoms with Gasteiger partial charge < -0.3 is 15.1 Å². The van der Waals surface area contributed by atoms with E-state index in [1.54, 1.807) is 25.6 Å². The van der Waals surface area contributed by atoms with Gasteiger partial charge in [0.15, 0.2) is 0 Å². The number of aryl methyl sites for hydroxylation is 2. The molecule has 19 heavy (non-hydrogen) atoms. The SMILES string of the molecule is Cc1nn(C)c(C)c1C(=O)N1C[C@@H](O)C[C@H]1C(=O)O. The molecule has 1 amide bonds. The number of aliphatic hydroxyl groups excluding tert-OH is 1. The van der Waals surface area contributed by atoms with E-state index in [1.165, 1.54) is 4.90 Å². The predicted molar refractivity (Wildman–Crippen MR) is 65.8 cm³/mol. The van der Waals surface area contributed by atoms with E-state index in [0.717, 1.165) is 0 Å². The van der Waals surface area contributed by atoms with Crippen LogP contribution < -0.4 is 0 Å². The minimum absolute atomic E-state index is 0.0452. The molecule has 0 aliphatic carbocycles. The molecule has 7 nitrogen and oxygen atoms in total. The van der Waals surface area contributed by atoms with Gasteiger partial charge in [-0.3, -0.25) is 9.48 Å². The number of hydrogen-bond donors (Lipinski definition) is 2. The van der Waals surface area contributed by atoms with Crippen LogP contribution in [-0.2, 0) is 11.8 Å². The minimum Gasteiger partial charge on any atom is -0.480 e. The second kappa shape index (κ2) is 4.65. The maximum absolute atomic E-state index is 12.5. The number of aromatic nitrogens is 2. The quantitative estimate of drug-likeness (QED) is 0.766. The number of hydrogen-bond acceptors (Lipinski definition) is 4. The van der Waals surface area contributed by atoms with E-state index in [0.29, 0.717) is 17.0 Å². The third-order valence-electron chi connectivity index (χ3n) is 3.55. The smallest absolute Gasteiger partial charge is 0.326 e. The molecule has 0 bridgehead atoms. The summed E-state index contributed by atoms with van der Waals surface area (Å²) in [7, 11) is 1.73. The number of carboxylic acids is 1. The van der Waals surface area contributed by atoms with Crippen molar-refractivity contribution in [1.29, 1.82) is 0 Å². The highest BCUT2D eigenvalue weighted by Gasteiger charge is 2.40. The fraction of sp³-hybridized carbons (Fsp3) is 0.583. The van der Waals surface area contributed by atoms with E-state index in [9.17, 15) is 14.7 Å². The normalized spacial score (nSPS) is 22.8. The van der Waals surface area contributed by atoms with Gasteiger partial charge in [-0.2, -0.15) is 5.10 Å². The van der Waals surface area contributed by atoms with E-state index in [2.05, 4.69) is 5.10 Å². The third-order valence-corrected chi connectivity index (χ3v) is 3.55. The molecule has 2 atom stereocenters. The lowest BCUT2D eigenvalue weighted by Gasteiger charge is -2.21. The first-order valence-electron chi connectivity index (χ1n) is 6.05. The molecule has 7 heteroatoms. The number of aliphatic carboxylic acids is 1. The number of β-amino-alcohol motifs (C(OH)–C–C–N with tert-alkyl or cyclic N) is 1. The lowest BCUT2D eigenvalue weighted by atomic mass is 10.1. The number of amides is 1. The molecule has 0 unspecified atom stereocenters. The fourth-order valence-corrected chi connectivity index (χ4v) is 2.50. The molecule has 1 aliphatic heterocycles. The van der Waals surface area contributed by atoms with Gasteiger partial charge in [0.2, 0.25) is 0 Å². The van der Waals surface area contributed by atoms with Crippen molar-refractivity contribution < 1.29 is 19.8 Å². The summed E-state index contributed by atoms with van der Waals surface area (Å²) in [5.41, 5.74) is 1.67. The Balaban J connectivity index is 2.36. The largest absolute Gasteiger partial charge is 0.480 e. The number of nitrogens with zero attached hydrogens (tertiary/aromatic N) is 3. The first kappa shape index (κ1) is 13.5. The number of aliphatic hydroxyl groups is 1. The Bertz CT molecular complexity index is 537. The van der Waals surface area contributed by atoms with Crippen molar-refractivity contribution >= 4 is 11.9 Å². The van der Waals surface area contributed by atoms with E-state index >= 15 is 0 Å². The molecule has 0 aromatic carbocycles. The van der Waals surface area contributed by atoms with Crippen molar-refractivity contribution in [2.45, 2.75) is 32.4 Å². The number of rotatable bonds is 2. The Morgan fingerprint density at radius 2 is 2.00 bits per heavy atom. The Labute approximate surface area is 110 Å². The van der Waals surface area contributed by atoms with Gasteiger partial charge in [0, 0.05) is 25.7 Å². The zero-order chi connectivity index (χ0) is 14.3. The molecule has 0 spiro atoms. The first-order valence-corrected chi connectivity index (χ1v) is 6.05. The molecule has 2 rings (SSSR count). The topological polar surface area (TPSA) is 95.7 Å². The molecular formula is C12H17N3O4. The number of carbonyl (C=O) groups is 2.